The van der Waals surface area contributed by atoms with Gasteiger partial charge < -0.3 is 5.11 Å². The number of fused-ring (bicyclic) bond motifs is 1. The number of rotatable bonds is 3. The van der Waals surface area contributed by atoms with Crippen molar-refractivity contribution in [3.8, 4) is 0 Å². The molecule has 0 saturated heterocycles. The molecule has 5 heteroatoms. The number of benzene rings is 1. The Bertz CT molecular complexity index is 686. The number of hydrogen-bond donors (Lipinski definition) is 1. The molecule has 0 saturated carbocycles. The Labute approximate surface area is 121 Å². The van der Waals surface area contributed by atoms with Crippen LogP contribution in [0.2, 0.25) is 0 Å². The van der Waals surface area contributed by atoms with Crippen LogP contribution in [0.15, 0.2) is 34.3 Å². The highest BCUT2D eigenvalue weighted by molar-refractivity contribution is 7.99. The van der Waals surface area contributed by atoms with E-state index < -0.39 is 5.97 Å². The number of aryl methyl sites for hydroxylation is 3. The molecule has 1 aliphatic rings. The molecule has 0 radical (unpaired) electrons. The van der Waals surface area contributed by atoms with Gasteiger partial charge in [0.25, 0.3) is 0 Å². The Kier molecular flexibility index (Phi) is 3.44. The van der Waals surface area contributed by atoms with Gasteiger partial charge in [0.15, 0.2) is 10.9 Å². The SMILES string of the molecule is Cc1cc(C(=O)O)nc(Sc2ccc3c(c2)CCC3)n1. The van der Waals surface area contributed by atoms with Gasteiger partial charge in [0.05, 0.1) is 0 Å². The van der Waals surface area contributed by atoms with Gasteiger partial charge in [0.1, 0.15) is 0 Å². The summed E-state index contributed by atoms with van der Waals surface area (Å²) in [7, 11) is 0. The summed E-state index contributed by atoms with van der Waals surface area (Å²) in [5.74, 6) is -1.02. The first-order valence-corrected chi connectivity index (χ1v) is 7.32. The maximum Gasteiger partial charge on any atom is 0.354 e. The van der Waals surface area contributed by atoms with Gasteiger partial charge in [0, 0.05) is 10.6 Å². The van der Waals surface area contributed by atoms with Crippen LogP contribution in [0.3, 0.4) is 0 Å². The average Bonchev–Trinajstić information content (AvgIpc) is 2.85. The predicted octanol–water partition coefficient (Wildman–Crippen LogP) is 3.12. The summed E-state index contributed by atoms with van der Waals surface area (Å²) in [6.07, 6.45) is 3.50. The Morgan fingerprint density at radius 2 is 2.00 bits per heavy atom. The lowest BCUT2D eigenvalue weighted by atomic mass is 10.1. The van der Waals surface area contributed by atoms with Crippen molar-refractivity contribution >= 4 is 17.7 Å². The van der Waals surface area contributed by atoms with Crippen LogP contribution in [0.5, 0.6) is 0 Å². The van der Waals surface area contributed by atoms with Crippen LogP contribution in [0.4, 0.5) is 0 Å². The van der Waals surface area contributed by atoms with E-state index in [0.717, 1.165) is 17.7 Å². The number of carboxylic acids is 1. The Balaban J connectivity index is 1.89. The minimum Gasteiger partial charge on any atom is -0.477 e. The molecule has 0 amide bonds. The van der Waals surface area contributed by atoms with E-state index >= 15 is 0 Å². The van der Waals surface area contributed by atoms with E-state index in [1.165, 1.54) is 35.4 Å². The van der Waals surface area contributed by atoms with E-state index in [9.17, 15) is 4.79 Å². The van der Waals surface area contributed by atoms with Crippen LogP contribution in [-0.4, -0.2) is 21.0 Å². The molecule has 0 unspecified atom stereocenters. The van der Waals surface area contributed by atoms with Crippen molar-refractivity contribution in [2.24, 2.45) is 0 Å². The number of carboxylic acid groups (broad SMARTS) is 1. The maximum atomic E-state index is 11.0. The lowest BCUT2D eigenvalue weighted by Crippen LogP contribution is -2.03. The van der Waals surface area contributed by atoms with Gasteiger partial charge in [-0.2, -0.15) is 0 Å². The number of hydrogen-bond acceptors (Lipinski definition) is 4. The summed E-state index contributed by atoms with van der Waals surface area (Å²) in [4.78, 5) is 20.4. The molecule has 3 rings (SSSR count). The third-order valence-electron chi connectivity index (χ3n) is 3.33. The normalized spacial score (nSPS) is 13.2. The first-order chi connectivity index (χ1) is 9.61. The van der Waals surface area contributed by atoms with Crippen molar-refractivity contribution in [2.75, 3.05) is 0 Å². The standard InChI is InChI=1S/C15H14N2O2S/c1-9-7-13(14(18)19)17-15(16-9)20-12-6-5-10-3-2-4-11(10)8-12/h5-8H,2-4H2,1H3,(H,18,19). The second kappa shape index (κ2) is 5.25. The Morgan fingerprint density at radius 1 is 1.20 bits per heavy atom. The molecule has 0 aliphatic heterocycles. The van der Waals surface area contributed by atoms with Gasteiger partial charge in [-0.1, -0.05) is 6.07 Å². The fourth-order valence-electron chi connectivity index (χ4n) is 2.41. The number of carbonyl (C=O) groups is 1. The fourth-order valence-corrected chi connectivity index (χ4v) is 3.30. The second-order valence-corrected chi connectivity index (χ2v) is 5.91. The van der Waals surface area contributed by atoms with E-state index in [1.54, 1.807) is 6.92 Å². The lowest BCUT2D eigenvalue weighted by molar-refractivity contribution is 0.0689. The van der Waals surface area contributed by atoms with Gasteiger partial charge in [-0.15, -0.1) is 0 Å². The predicted molar refractivity (Wildman–Crippen MR) is 76.3 cm³/mol. The highest BCUT2D eigenvalue weighted by Gasteiger charge is 2.13. The topological polar surface area (TPSA) is 63.1 Å². The molecule has 102 valence electrons. The fraction of sp³-hybridized carbons (Fsp3) is 0.267. The van der Waals surface area contributed by atoms with Crippen molar-refractivity contribution in [3.05, 3.63) is 46.8 Å². The highest BCUT2D eigenvalue weighted by Crippen LogP contribution is 2.30. The smallest absolute Gasteiger partial charge is 0.354 e. The summed E-state index contributed by atoms with van der Waals surface area (Å²) >= 11 is 1.41. The van der Waals surface area contributed by atoms with Gasteiger partial charge in [-0.3, -0.25) is 0 Å². The van der Waals surface area contributed by atoms with Crippen LogP contribution >= 0.6 is 11.8 Å². The second-order valence-electron chi connectivity index (χ2n) is 4.87. The van der Waals surface area contributed by atoms with Crippen molar-refractivity contribution < 1.29 is 9.90 Å². The van der Waals surface area contributed by atoms with Gasteiger partial charge in [0.2, 0.25) is 0 Å². The molecule has 2 aromatic rings. The van der Waals surface area contributed by atoms with Crippen LogP contribution in [0.1, 0.15) is 33.7 Å². The Morgan fingerprint density at radius 3 is 2.80 bits per heavy atom. The Hall–Kier alpha value is -1.88. The summed E-state index contributed by atoms with van der Waals surface area (Å²) in [6.45, 7) is 1.78. The molecule has 0 fully saturated rings. The first-order valence-electron chi connectivity index (χ1n) is 6.50. The van der Waals surface area contributed by atoms with Crippen LogP contribution < -0.4 is 0 Å². The molecule has 20 heavy (non-hydrogen) atoms. The molecule has 0 spiro atoms. The first kappa shape index (κ1) is 13.1. The minimum atomic E-state index is -1.02. The third-order valence-corrected chi connectivity index (χ3v) is 4.19. The minimum absolute atomic E-state index is 0.0427. The van der Waals surface area contributed by atoms with Crippen molar-refractivity contribution in [3.63, 3.8) is 0 Å². The van der Waals surface area contributed by atoms with Crippen molar-refractivity contribution in [1.29, 1.82) is 0 Å². The van der Waals surface area contributed by atoms with E-state index in [2.05, 4.69) is 28.2 Å². The molecule has 0 atom stereocenters. The zero-order valence-electron chi connectivity index (χ0n) is 11.1. The number of nitrogens with zero attached hydrogens (tertiary/aromatic N) is 2. The van der Waals surface area contributed by atoms with E-state index in [1.807, 2.05) is 0 Å². The number of aromatic carboxylic acids is 1. The monoisotopic (exact) mass is 286 g/mol. The largest absolute Gasteiger partial charge is 0.477 e. The number of aromatic nitrogens is 2. The summed E-state index contributed by atoms with van der Waals surface area (Å²) in [5, 5.41) is 9.51. The molecular formula is C15H14N2O2S. The highest BCUT2D eigenvalue weighted by atomic mass is 32.2. The van der Waals surface area contributed by atoms with E-state index in [4.69, 9.17) is 5.11 Å². The van der Waals surface area contributed by atoms with E-state index in [-0.39, 0.29) is 5.69 Å². The van der Waals surface area contributed by atoms with Crippen LogP contribution in [0.25, 0.3) is 0 Å². The lowest BCUT2D eigenvalue weighted by Gasteiger charge is -2.05. The molecular weight excluding hydrogens is 272 g/mol. The van der Waals surface area contributed by atoms with Gasteiger partial charge in [-0.25, -0.2) is 14.8 Å². The zero-order valence-corrected chi connectivity index (χ0v) is 11.9. The maximum absolute atomic E-state index is 11.0. The molecule has 1 N–H and O–H groups in total. The summed E-state index contributed by atoms with van der Waals surface area (Å²) in [5.41, 5.74) is 3.52. The average molecular weight is 286 g/mol. The van der Waals surface area contributed by atoms with E-state index in [0.29, 0.717) is 10.9 Å². The van der Waals surface area contributed by atoms with Gasteiger partial charge >= 0.3 is 5.97 Å². The molecule has 1 aromatic carbocycles. The summed E-state index contributed by atoms with van der Waals surface area (Å²) < 4.78 is 0. The zero-order chi connectivity index (χ0) is 14.1. The van der Waals surface area contributed by atoms with Crippen LogP contribution in [-0.2, 0) is 12.8 Å². The van der Waals surface area contributed by atoms with Crippen molar-refractivity contribution in [2.45, 2.75) is 36.2 Å². The third kappa shape index (κ3) is 2.67. The molecule has 4 nitrogen and oxygen atoms in total. The van der Waals surface area contributed by atoms with Crippen molar-refractivity contribution in [1.82, 2.24) is 9.97 Å². The quantitative estimate of drug-likeness (QED) is 0.878. The molecule has 1 aromatic heterocycles. The van der Waals surface area contributed by atoms with Crippen LogP contribution in [0, 0.1) is 6.92 Å². The molecule has 1 heterocycles. The summed E-state index contributed by atoms with van der Waals surface area (Å²) in [6, 6.07) is 7.85. The molecule has 0 bridgehead atoms. The van der Waals surface area contributed by atoms with Gasteiger partial charge in [-0.05, 0) is 67.3 Å². The molecule has 1 aliphatic carbocycles.